The van der Waals surface area contributed by atoms with Gasteiger partial charge >= 0.3 is 0 Å². The van der Waals surface area contributed by atoms with E-state index in [-0.39, 0.29) is 18.3 Å². The zero-order valence-electron chi connectivity index (χ0n) is 10.9. The van der Waals surface area contributed by atoms with Crippen molar-refractivity contribution in [3.63, 3.8) is 0 Å². The zero-order chi connectivity index (χ0) is 11.5. The highest BCUT2D eigenvalue weighted by Crippen LogP contribution is 2.22. The fourth-order valence-electron chi connectivity index (χ4n) is 2.64. The summed E-state index contributed by atoms with van der Waals surface area (Å²) in [6, 6.07) is 0. The Kier molecular flexibility index (Phi) is 5.74. The van der Waals surface area contributed by atoms with Crippen LogP contribution in [0.2, 0.25) is 0 Å². The quantitative estimate of drug-likeness (QED) is 0.823. The number of halogens is 1. The second-order valence-corrected chi connectivity index (χ2v) is 5.57. The second kappa shape index (κ2) is 6.60. The van der Waals surface area contributed by atoms with Crippen LogP contribution in [0.3, 0.4) is 0 Å². The number of nitrogens with one attached hydrogen (secondary N) is 1. The van der Waals surface area contributed by atoms with Gasteiger partial charge in [0.1, 0.15) is 0 Å². The van der Waals surface area contributed by atoms with Crippen LogP contribution in [0.4, 0.5) is 0 Å². The molecular formula is C13H25ClN2O. The Morgan fingerprint density at radius 1 is 1.29 bits per heavy atom. The molecule has 3 nitrogen and oxygen atoms in total. The molecule has 100 valence electrons. The van der Waals surface area contributed by atoms with E-state index in [1.54, 1.807) is 0 Å². The molecule has 0 aromatic heterocycles. The number of amides is 1. The lowest BCUT2D eigenvalue weighted by atomic mass is 9.88. The van der Waals surface area contributed by atoms with Crippen LogP contribution in [0.25, 0.3) is 0 Å². The summed E-state index contributed by atoms with van der Waals surface area (Å²) in [7, 11) is 0. The third-order valence-corrected chi connectivity index (χ3v) is 4.24. The van der Waals surface area contributed by atoms with Crippen molar-refractivity contribution in [1.82, 2.24) is 10.2 Å². The summed E-state index contributed by atoms with van der Waals surface area (Å²) in [6.07, 6.45) is 3.65. The number of likely N-dealkylation sites (tertiary alicyclic amines) is 1. The first-order valence-electron chi connectivity index (χ1n) is 6.68. The van der Waals surface area contributed by atoms with Crippen molar-refractivity contribution in [1.29, 1.82) is 0 Å². The molecule has 0 saturated carbocycles. The minimum Gasteiger partial charge on any atom is -0.342 e. The number of carbonyl (C=O) groups excluding carboxylic acids is 1. The maximum Gasteiger partial charge on any atom is 0.225 e. The van der Waals surface area contributed by atoms with Gasteiger partial charge in [0.2, 0.25) is 5.91 Å². The summed E-state index contributed by atoms with van der Waals surface area (Å²) in [6.45, 7) is 8.40. The molecule has 2 aliphatic heterocycles. The highest BCUT2D eigenvalue weighted by molar-refractivity contribution is 5.85. The normalized spacial score (nSPS) is 27.6. The van der Waals surface area contributed by atoms with Gasteiger partial charge in [-0.25, -0.2) is 0 Å². The standard InChI is InChI=1S/C13H24N2O.ClH/c1-10-4-3-6-15(7-5-10)13(16)11(2)12-8-14-9-12;/h10-12,14H,3-9H2,1-2H3;1H. The predicted molar refractivity (Wildman–Crippen MR) is 72.4 cm³/mol. The summed E-state index contributed by atoms with van der Waals surface area (Å²) in [5, 5.41) is 3.25. The molecule has 2 atom stereocenters. The van der Waals surface area contributed by atoms with Crippen molar-refractivity contribution in [2.75, 3.05) is 26.2 Å². The van der Waals surface area contributed by atoms with Crippen molar-refractivity contribution in [2.24, 2.45) is 17.8 Å². The number of hydrogen-bond acceptors (Lipinski definition) is 2. The SMILES string of the molecule is CC1CCCN(C(=O)C(C)C2CNC2)CC1.Cl. The molecule has 0 bridgehead atoms. The molecular weight excluding hydrogens is 236 g/mol. The van der Waals surface area contributed by atoms with E-state index in [0.29, 0.717) is 11.8 Å². The highest BCUT2D eigenvalue weighted by atomic mass is 35.5. The van der Waals surface area contributed by atoms with Crippen molar-refractivity contribution < 1.29 is 4.79 Å². The van der Waals surface area contributed by atoms with E-state index in [4.69, 9.17) is 0 Å². The number of nitrogens with zero attached hydrogens (tertiary/aromatic N) is 1. The maximum absolute atomic E-state index is 12.3. The van der Waals surface area contributed by atoms with Gasteiger partial charge in [0, 0.05) is 19.0 Å². The van der Waals surface area contributed by atoms with Gasteiger partial charge in [0.05, 0.1) is 0 Å². The van der Waals surface area contributed by atoms with Gasteiger partial charge < -0.3 is 10.2 Å². The zero-order valence-corrected chi connectivity index (χ0v) is 11.8. The van der Waals surface area contributed by atoms with Gasteiger partial charge in [-0.2, -0.15) is 0 Å². The molecule has 0 radical (unpaired) electrons. The lowest BCUT2D eigenvalue weighted by Gasteiger charge is -2.34. The molecule has 2 unspecified atom stereocenters. The third-order valence-electron chi connectivity index (χ3n) is 4.24. The largest absolute Gasteiger partial charge is 0.342 e. The van der Waals surface area contributed by atoms with Crippen molar-refractivity contribution in [3.8, 4) is 0 Å². The highest BCUT2D eigenvalue weighted by Gasteiger charge is 2.31. The molecule has 0 aliphatic carbocycles. The van der Waals surface area contributed by atoms with Gasteiger partial charge in [-0.1, -0.05) is 13.8 Å². The smallest absolute Gasteiger partial charge is 0.225 e. The van der Waals surface area contributed by atoms with E-state index in [9.17, 15) is 4.79 Å². The van der Waals surface area contributed by atoms with E-state index >= 15 is 0 Å². The first kappa shape index (κ1) is 14.8. The van der Waals surface area contributed by atoms with Gasteiger partial charge in [-0.3, -0.25) is 4.79 Å². The molecule has 0 aromatic rings. The van der Waals surface area contributed by atoms with Crippen LogP contribution in [0.1, 0.15) is 33.1 Å². The van der Waals surface area contributed by atoms with Gasteiger partial charge in [-0.15, -0.1) is 12.4 Å². The van der Waals surface area contributed by atoms with Crippen molar-refractivity contribution in [3.05, 3.63) is 0 Å². The van der Waals surface area contributed by atoms with E-state index in [1.165, 1.54) is 19.3 Å². The van der Waals surface area contributed by atoms with Crippen molar-refractivity contribution >= 4 is 18.3 Å². The molecule has 2 fully saturated rings. The topological polar surface area (TPSA) is 32.3 Å². The second-order valence-electron chi connectivity index (χ2n) is 5.57. The number of rotatable bonds is 2. The van der Waals surface area contributed by atoms with E-state index in [1.807, 2.05) is 0 Å². The molecule has 2 saturated heterocycles. The van der Waals surface area contributed by atoms with Gasteiger partial charge in [0.15, 0.2) is 0 Å². The van der Waals surface area contributed by atoms with Crippen LogP contribution >= 0.6 is 12.4 Å². The summed E-state index contributed by atoms with van der Waals surface area (Å²) in [4.78, 5) is 14.4. The van der Waals surface area contributed by atoms with Gasteiger partial charge in [-0.05, 0) is 44.2 Å². The molecule has 4 heteroatoms. The molecule has 2 heterocycles. The van der Waals surface area contributed by atoms with E-state index < -0.39 is 0 Å². The molecule has 1 amide bonds. The Morgan fingerprint density at radius 2 is 2.00 bits per heavy atom. The first-order chi connectivity index (χ1) is 7.68. The number of hydrogen-bond donors (Lipinski definition) is 1. The minimum atomic E-state index is 0. The Morgan fingerprint density at radius 3 is 2.59 bits per heavy atom. The van der Waals surface area contributed by atoms with Crippen LogP contribution in [0.5, 0.6) is 0 Å². The lowest BCUT2D eigenvalue weighted by molar-refractivity contribution is -0.137. The lowest BCUT2D eigenvalue weighted by Crippen LogP contribution is -2.50. The van der Waals surface area contributed by atoms with Crippen LogP contribution < -0.4 is 5.32 Å². The Hall–Kier alpha value is -0.280. The summed E-state index contributed by atoms with van der Waals surface area (Å²) in [5.41, 5.74) is 0. The van der Waals surface area contributed by atoms with Crippen LogP contribution in [0, 0.1) is 17.8 Å². The van der Waals surface area contributed by atoms with E-state index in [2.05, 4.69) is 24.1 Å². The molecule has 2 rings (SSSR count). The average molecular weight is 261 g/mol. The number of carbonyl (C=O) groups is 1. The maximum atomic E-state index is 12.3. The fraction of sp³-hybridized carbons (Fsp3) is 0.923. The molecule has 0 aromatic carbocycles. The molecule has 1 N–H and O–H groups in total. The summed E-state index contributed by atoms with van der Waals surface area (Å²) < 4.78 is 0. The summed E-state index contributed by atoms with van der Waals surface area (Å²) >= 11 is 0. The average Bonchev–Trinajstić information content (AvgIpc) is 2.39. The predicted octanol–water partition coefficient (Wildman–Crippen LogP) is 1.91. The molecule has 2 aliphatic rings. The van der Waals surface area contributed by atoms with Crippen molar-refractivity contribution in [2.45, 2.75) is 33.1 Å². The van der Waals surface area contributed by atoms with Crippen LogP contribution in [0.15, 0.2) is 0 Å². The molecule has 17 heavy (non-hydrogen) atoms. The van der Waals surface area contributed by atoms with Crippen LogP contribution in [-0.4, -0.2) is 37.0 Å². The Labute approximate surface area is 111 Å². The van der Waals surface area contributed by atoms with Gasteiger partial charge in [0.25, 0.3) is 0 Å². The Balaban J connectivity index is 0.00000144. The summed E-state index contributed by atoms with van der Waals surface area (Å²) in [5.74, 6) is 1.97. The third kappa shape index (κ3) is 3.59. The first-order valence-corrected chi connectivity index (χ1v) is 6.68. The monoisotopic (exact) mass is 260 g/mol. The van der Waals surface area contributed by atoms with Crippen LogP contribution in [-0.2, 0) is 4.79 Å². The fourth-order valence-corrected chi connectivity index (χ4v) is 2.64. The minimum absolute atomic E-state index is 0. The van der Waals surface area contributed by atoms with E-state index in [0.717, 1.165) is 32.1 Å². The molecule has 0 spiro atoms. The Bertz CT molecular complexity index is 256.